The molecule has 2 saturated heterocycles. The average Bonchev–Trinajstić information content (AvgIpc) is 2.76. The lowest BCUT2D eigenvalue weighted by Crippen LogP contribution is -2.52. The first kappa shape index (κ1) is 36.3. The lowest BCUT2D eigenvalue weighted by atomic mass is 10.2. The lowest BCUT2D eigenvalue weighted by Gasteiger charge is -2.37. The van der Waals surface area contributed by atoms with E-state index in [1.165, 1.54) is 73.9 Å². The summed E-state index contributed by atoms with van der Waals surface area (Å²) >= 11 is 0. The van der Waals surface area contributed by atoms with Gasteiger partial charge in [0.2, 0.25) is 0 Å². The second kappa shape index (κ2) is 15.2. The average molecular weight is 598 g/mol. The van der Waals surface area contributed by atoms with Crippen LogP contribution in [0.2, 0.25) is 0 Å². The van der Waals surface area contributed by atoms with Crippen molar-refractivity contribution >= 4 is 20.0 Å². The Balaban J connectivity index is 0.000000534. The Morgan fingerprint density at radius 2 is 0.919 bits per heavy atom. The van der Waals surface area contributed by atoms with E-state index in [9.17, 15) is 43.2 Å². The van der Waals surface area contributed by atoms with Crippen molar-refractivity contribution in [2.24, 2.45) is 0 Å². The number of halogens is 6. The summed E-state index contributed by atoms with van der Waals surface area (Å²) in [5.41, 5.74) is -12.3. The van der Waals surface area contributed by atoms with Crippen molar-refractivity contribution in [3.8, 4) is 0 Å². The number of alkyl halides is 6. The Morgan fingerprint density at radius 3 is 1.14 bits per heavy atom. The van der Waals surface area contributed by atoms with Crippen LogP contribution < -0.4 is 4.13 Å². The fourth-order valence-corrected chi connectivity index (χ4v) is 5.24. The number of ether oxygens (including phenoxy) is 2. The molecule has 37 heavy (non-hydrogen) atoms. The summed E-state index contributed by atoms with van der Waals surface area (Å²) in [7, 11) is -8.50. The third kappa shape index (κ3) is 13.8. The second-order valence-corrected chi connectivity index (χ2v) is 13.1. The van der Waals surface area contributed by atoms with Gasteiger partial charge in [0.1, 0.15) is 26.2 Å². The van der Waals surface area contributed by atoms with Gasteiger partial charge in [0.05, 0.1) is 53.6 Å². The molecule has 0 saturated carbocycles. The topological polar surface area (TPSA) is 98.8 Å². The normalized spacial score (nSPS) is 20.2. The summed E-state index contributed by atoms with van der Waals surface area (Å²) in [5, 5.41) is 0. The molecule has 224 valence electrons. The van der Waals surface area contributed by atoms with Gasteiger partial charge in [0.15, 0.2) is 0 Å². The van der Waals surface area contributed by atoms with Crippen molar-refractivity contribution in [1.82, 2.24) is 4.13 Å². The van der Waals surface area contributed by atoms with Crippen LogP contribution >= 0.6 is 0 Å². The minimum Gasteiger partial charge on any atom is -0.370 e. The number of unbranched alkanes of at least 4 members (excludes halogenated alkanes) is 2. The predicted molar refractivity (Wildman–Crippen MR) is 126 cm³/mol. The second-order valence-electron chi connectivity index (χ2n) is 9.49. The van der Waals surface area contributed by atoms with Gasteiger partial charge in [0.25, 0.3) is 0 Å². The zero-order chi connectivity index (χ0) is 29.0. The summed E-state index contributed by atoms with van der Waals surface area (Å²) in [5.74, 6) is 0. The van der Waals surface area contributed by atoms with Crippen LogP contribution in [0.25, 0.3) is 0 Å². The molecule has 2 rings (SSSR count). The van der Waals surface area contributed by atoms with E-state index in [0.717, 1.165) is 26.4 Å². The van der Waals surface area contributed by atoms with Crippen molar-refractivity contribution in [2.75, 3.05) is 79.8 Å². The number of nitrogens with one attached hydrogen (secondary N) is 1. The van der Waals surface area contributed by atoms with Crippen LogP contribution in [0.1, 0.15) is 39.5 Å². The predicted octanol–water partition coefficient (Wildman–Crippen LogP) is 2.80. The number of nitrogens with zero attached hydrogens (tertiary/aromatic N) is 2. The maximum absolute atomic E-state index is 11.5. The van der Waals surface area contributed by atoms with Crippen molar-refractivity contribution < 1.29 is 61.6 Å². The van der Waals surface area contributed by atoms with Crippen molar-refractivity contribution in [1.29, 1.82) is 0 Å². The van der Waals surface area contributed by atoms with E-state index in [2.05, 4.69) is 27.9 Å². The molecular formula is C20H41F6N3O6S2+2. The highest BCUT2D eigenvalue weighted by Gasteiger charge is 2.55. The quantitative estimate of drug-likeness (QED) is 0.342. The Morgan fingerprint density at radius 1 is 0.649 bits per heavy atom. The molecule has 2 aliphatic heterocycles. The number of hydrogen-bond acceptors (Lipinski definition) is 6. The zero-order valence-electron chi connectivity index (χ0n) is 21.8. The molecule has 17 heteroatoms. The van der Waals surface area contributed by atoms with Crippen LogP contribution in [-0.4, -0.2) is 117 Å². The van der Waals surface area contributed by atoms with E-state index < -0.39 is 35.2 Å². The Kier molecular flexibility index (Phi) is 14.9. The summed E-state index contributed by atoms with van der Waals surface area (Å²) < 4.78 is 121. The molecule has 1 N–H and O–H groups in total. The van der Waals surface area contributed by atoms with E-state index in [1.54, 1.807) is 0 Å². The minimum atomic E-state index is -6.60. The number of hydrogen-bond donors (Lipinski definition) is 1. The first-order valence-electron chi connectivity index (χ1n) is 12.0. The first-order valence-corrected chi connectivity index (χ1v) is 14.9. The molecule has 9 nitrogen and oxygen atoms in total. The maximum atomic E-state index is 11.5. The molecule has 0 atom stereocenters. The first-order chi connectivity index (χ1) is 16.7. The third-order valence-electron chi connectivity index (χ3n) is 6.03. The number of likely N-dealkylation sites (N-methyl/N-ethyl adjacent to an activating group) is 2. The van der Waals surface area contributed by atoms with E-state index in [1.807, 2.05) is 0 Å². The molecule has 0 spiro atoms. The van der Waals surface area contributed by atoms with E-state index in [-0.39, 0.29) is 0 Å². The molecule has 0 amide bonds. The van der Waals surface area contributed by atoms with Gasteiger partial charge in [-0.15, -0.1) is 0 Å². The molecule has 0 unspecified atom stereocenters. The highest BCUT2D eigenvalue weighted by molar-refractivity contribution is 8.05. The van der Waals surface area contributed by atoms with Crippen LogP contribution in [0.15, 0.2) is 0 Å². The number of quaternary nitrogens is 2. The highest BCUT2D eigenvalue weighted by Crippen LogP contribution is 2.27. The summed E-state index contributed by atoms with van der Waals surface area (Å²) in [6.07, 6.45) is 5.34. The van der Waals surface area contributed by atoms with E-state index >= 15 is 0 Å². The Labute approximate surface area is 216 Å². The summed E-state index contributed by atoms with van der Waals surface area (Å²) in [6, 6.07) is 0. The number of morpholine rings is 2. The molecule has 0 bridgehead atoms. The van der Waals surface area contributed by atoms with Gasteiger partial charge in [-0.3, -0.25) is 0 Å². The SMILES string of the molecule is CCCC[N+]1(C)CCOCC1.CCCC[N+]1(C)CCOCC1.O=S(=O)(NS(=O)(=O)C(F)(F)F)C(F)(F)F. The van der Waals surface area contributed by atoms with Gasteiger partial charge in [-0.2, -0.15) is 26.3 Å². The maximum Gasteiger partial charge on any atom is 0.512 e. The van der Waals surface area contributed by atoms with Crippen LogP contribution in [-0.2, 0) is 29.5 Å². The van der Waals surface area contributed by atoms with Gasteiger partial charge >= 0.3 is 31.1 Å². The molecule has 0 aliphatic carbocycles. The third-order valence-corrected chi connectivity index (χ3v) is 9.01. The fourth-order valence-electron chi connectivity index (χ4n) is 3.33. The van der Waals surface area contributed by atoms with E-state index in [4.69, 9.17) is 9.47 Å². The van der Waals surface area contributed by atoms with Crippen molar-refractivity contribution in [3.05, 3.63) is 0 Å². The van der Waals surface area contributed by atoms with Gasteiger partial charge in [-0.25, -0.2) is 16.8 Å². The molecule has 0 aromatic heterocycles. The molecule has 2 fully saturated rings. The zero-order valence-corrected chi connectivity index (χ0v) is 23.5. The number of rotatable bonds is 8. The summed E-state index contributed by atoms with van der Waals surface area (Å²) in [6.45, 7) is 15.8. The molecule has 0 aromatic rings. The van der Waals surface area contributed by atoms with E-state index in [0.29, 0.717) is 0 Å². The Bertz CT molecular complexity index is 785. The lowest BCUT2D eigenvalue weighted by molar-refractivity contribution is -0.917. The van der Waals surface area contributed by atoms with Crippen molar-refractivity contribution in [2.45, 2.75) is 50.5 Å². The van der Waals surface area contributed by atoms with Gasteiger partial charge in [0, 0.05) is 0 Å². The monoisotopic (exact) mass is 597 g/mol. The van der Waals surface area contributed by atoms with Gasteiger partial charge in [-0.05, 0) is 12.8 Å². The molecule has 0 radical (unpaired) electrons. The van der Waals surface area contributed by atoms with Crippen LogP contribution in [0, 0.1) is 0 Å². The largest absolute Gasteiger partial charge is 0.512 e. The molecular weight excluding hydrogens is 556 g/mol. The van der Waals surface area contributed by atoms with Crippen LogP contribution in [0.5, 0.6) is 0 Å². The molecule has 2 heterocycles. The van der Waals surface area contributed by atoms with Crippen LogP contribution in [0.3, 0.4) is 0 Å². The highest BCUT2D eigenvalue weighted by atomic mass is 32.3. The standard InChI is InChI=1S/2C9H20NO.C2HF6NO4S2/c2*1-3-4-5-10(2)6-8-11-9-7-10;3-1(4,5)14(10,11)9-15(12,13)2(6,7)8/h2*3-9H2,1-2H3;9H/q2*+1;. The smallest absolute Gasteiger partial charge is 0.370 e. The molecule has 0 aromatic carbocycles. The van der Waals surface area contributed by atoms with Crippen LogP contribution in [0.4, 0.5) is 26.3 Å². The molecule has 2 aliphatic rings. The van der Waals surface area contributed by atoms with Crippen molar-refractivity contribution in [3.63, 3.8) is 0 Å². The minimum absolute atomic E-state index is 0.493. The summed E-state index contributed by atoms with van der Waals surface area (Å²) in [4.78, 5) is 0. The van der Waals surface area contributed by atoms with Gasteiger partial charge in [-0.1, -0.05) is 30.8 Å². The number of sulfonamides is 2. The van der Waals surface area contributed by atoms with Gasteiger partial charge < -0.3 is 18.4 Å². The fraction of sp³-hybridized carbons (Fsp3) is 1.00. The Hall–Kier alpha value is -0.720.